The van der Waals surface area contributed by atoms with Crippen molar-refractivity contribution in [1.82, 2.24) is 15.2 Å². The van der Waals surface area contributed by atoms with Gasteiger partial charge in [-0.05, 0) is 6.07 Å². The number of amides is 2. The molecule has 6 nitrogen and oxygen atoms in total. The summed E-state index contributed by atoms with van der Waals surface area (Å²) in [4.78, 5) is 27.9. The van der Waals surface area contributed by atoms with Crippen molar-refractivity contribution in [3.05, 3.63) is 35.5 Å². The molecule has 142 valence electrons. The van der Waals surface area contributed by atoms with E-state index in [1.54, 1.807) is 0 Å². The lowest BCUT2D eigenvalue weighted by Gasteiger charge is -2.19. The number of benzene rings is 1. The Kier molecular flexibility index (Phi) is 4.78. The van der Waals surface area contributed by atoms with E-state index in [2.05, 4.69) is 10.3 Å². The largest absolute Gasteiger partial charge is 0.418 e. The molecule has 0 radical (unpaired) electrons. The van der Waals surface area contributed by atoms with E-state index in [1.807, 2.05) is 6.07 Å². The number of likely N-dealkylation sites (tertiary alicyclic amines) is 1. The molecular weight excluding hydrogens is 368 g/mol. The number of nitriles is 1. The Morgan fingerprint density at radius 3 is 2.78 bits per heavy atom. The Labute approximate surface area is 150 Å². The normalized spacial score (nSPS) is 19.9. The minimum atomic E-state index is -4.58. The number of aromatic nitrogens is 1. The van der Waals surface area contributed by atoms with Crippen molar-refractivity contribution < 1.29 is 27.2 Å². The minimum Gasteiger partial charge on any atom is -0.360 e. The van der Waals surface area contributed by atoms with Crippen LogP contribution in [-0.2, 0) is 11.0 Å². The highest BCUT2D eigenvalue weighted by Crippen LogP contribution is 2.35. The fraction of sp³-hybridized carbons (Fsp3) is 0.353. The number of halogens is 4. The Hall–Kier alpha value is -3.09. The fourth-order valence-corrected chi connectivity index (χ4v) is 3.11. The van der Waals surface area contributed by atoms with Gasteiger partial charge in [0.05, 0.1) is 35.8 Å². The van der Waals surface area contributed by atoms with E-state index in [4.69, 9.17) is 5.26 Å². The number of nitrogens with zero attached hydrogens (tertiary/aromatic N) is 2. The molecule has 1 aliphatic heterocycles. The average molecular weight is 382 g/mol. The molecule has 2 atom stereocenters. The van der Waals surface area contributed by atoms with Gasteiger partial charge in [0.2, 0.25) is 5.91 Å². The fourth-order valence-electron chi connectivity index (χ4n) is 3.11. The van der Waals surface area contributed by atoms with E-state index in [1.165, 1.54) is 12.1 Å². The lowest BCUT2D eigenvalue weighted by atomic mass is 10.1. The molecule has 0 aliphatic carbocycles. The summed E-state index contributed by atoms with van der Waals surface area (Å²) in [5.74, 6) is -1.38. The van der Waals surface area contributed by atoms with Crippen molar-refractivity contribution in [1.29, 1.82) is 5.26 Å². The molecule has 1 unspecified atom stereocenters. The Morgan fingerprint density at radius 1 is 1.37 bits per heavy atom. The van der Waals surface area contributed by atoms with E-state index in [0.29, 0.717) is 0 Å². The Bertz CT molecular complexity index is 931. The van der Waals surface area contributed by atoms with Crippen molar-refractivity contribution in [3.8, 4) is 6.07 Å². The van der Waals surface area contributed by atoms with Crippen molar-refractivity contribution in [2.24, 2.45) is 0 Å². The molecular formula is C17H14F4N4O2. The van der Waals surface area contributed by atoms with Gasteiger partial charge in [-0.2, -0.15) is 18.4 Å². The molecule has 1 fully saturated rings. The number of H-pyrrole nitrogens is 1. The molecule has 0 saturated carbocycles. The van der Waals surface area contributed by atoms with Gasteiger partial charge < -0.3 is 15.2 Å². The predicted octanol–water partition coefficient (Wildman–Crippen LogP) is 2.38. The number of fused-ring (bicyclic) bond motifs is 1. The molecule has 10 heteroatoms. The third kappa shape index (κ3) is 3.58. The van der Waals surface area contributed by atoms with Crippen molar-refractivity contribution in [2.45, 2.75) is 24.8 Å². The summed E-state index contributed by atoms with van der Waals surface area (Å²) in [6, 6.07) is 4.37. The highest BCUT2D eigenvalue weighted by atomic mass is 19.4. The van der Waals surface area contributed by atoms with Gasteiger partial charge in [-0.25, -0.2) is 4.39 Å². The van der Waals surface area contributed by atoms with Crippen LogP contribution in [0.1, 0.15) is 22.3 Å². The minimum absolute atomic E-state index is 0.0504. The van der Waals surface area contributed by atoms with Gasteiger partial charge >= 0.3 is 6.18 Å². The van der Waals surface area contributed by atoms with Gasteiger partial charge in [0.1, 0.15) is 12.2 Å². The topological polar surface area (TPSA) is 89.0 Å². The maximum atomic E-state index is 13.4. The number of carbonyl (C=O) groups excluding carboxylic acids is 2. The SMILES string of the molecule is N#C[C@@H]1CC(F)CN1C(=O)CNC(=O)c1c[nH]c2c(C(F)(F)F)cccc12. The number of hydrogen-bond acceptors (Lipinski definition) is 3. The van der Waals surface area contributed by atoms with Gasteiger partial charge in [-0.1, -0.05) is 12.1 Å². The maximum absolute atomic E-state index is 13.4. The lowest BCUT2D eigenvalue weighted by molar-refractivity contribution is -0.136. The number of nitrogens with one attached hydrogen (secondary N) is 2. The second-order valence-electron chi connectivity index (χ2n) is 6.13. The van der Waals surface area contributed by atoms with Crippen LogP contribution in [0.3, 0.4) is 0 Å². The number of hydrogen-bond donors (Lipinski definition) is 2. The first-order chi connectivity index (χ1) is 12.7. The lowest BCUT2D eigenvalue weighted by Crippen LogP contribution is -2.42. The standard InChI is InChI=1S/C17H14F4N4O2/c18-9-4-10(5-22)25(8-9)14(26)7-24-16(27)12-6-23-15-11(12)2-1-3-13(15)17(19,20)21/h1-3,6,9-10,23H,4,7-8H2,(H,24,27)/t9?,10-/m0/s1. The zero-order valence-corrected chi connectivity index (χ0v) is 13.8. The molecule has 2 N–H and O–H groups in total. The maximum Gasteiger partial charge on any atom is 0.418 e. The van der Waals surface area contributed by atoms with E-state index in [-0.39, 0.29) is 29.4 Å². The third-order valence-electron chi connectivity index (χ3n) is 4.39. The number of carbonyl (C=O) groups is 2. The Morgan fingerprint density at radius 2 is 2.11 bits per heavy atom. The van der Waals surface area contributed by atoms with Crippen LogP contribution in [0.5, 0.6) is 0 Å². The quantitative estimate of drug-likeness (QED) is 0.799. The van der Waals surface area contributed by atoms with Crippen LogP contribution in [-0.4, -0.2) is 47.0 Å². The number of alkyl halides is 4. The van der Waals surface area contributed by atoms with Gasteiger partial charge in [0.15, 0.2) is 0 Å². The average Bonchev–Trinajstić information content (AvgIpc) is 3.21. The zero-order chi connectivity index (χ0) is 19.8. The van der Waals surface area contributed by atoms with Crippen LogP contribution in [0.15, 0.2) is 24.4 Å². The molecule has 2 amide bonds. The van der Waals surface area contributed by atoms with Crippen LogP contribution in [0, 0.1) is 11.3 Å². The first-order valence-corrected chi connectivity index (χ1v) is 8.01. The summed E-state index contributed by atoms with van der Waals surface area (Å²) in [5, 5.41) is 11.3. The summed E-state index contributed by atoms with van der Waals surface area (Å²) < 4.78 is 52.5. The summed E-state index contributed by atoms with van der Waals surface area (Å²) in [6.07, 6.45) is -4.84. The Balaban J connectivity index is 1.74. The van der Waals surface area contributed by atoms with Crippen LogP contribution < -0.4 is 5.32 Å². The smallest absolute Gasteiger partial charge is 0.360 e. The van der Waals surface area contributed by atoms with E-state index < -0.39 is 42.3 Å². The molecule has 1 saturated heterocycles. The zero-order valence-electron chi connectivity index (χ0n) is 13.8. The molecule has 2 heterocycles. The second kappa shape index (κ2) is 6.90. The van der Waals surface area contributed by atoms with Crippen LogP contribution in [0.2, 0.25) is 0 Å². The highest BCUT2D eigenvalue weighted by molar-refractivity contribution is 6.08. The monoisotopic (exact) mass is 382 g/mol. The molecule has 0 bridgehead atoms. The number of aromatic amines is 1. The third-order valence-corrected chi connectivity index (χ3v) is 4.39. The highest BCUT2D eigenvalue weighted by Gasteiger charge is 2.36. The summed E-state index contributed by atoms with van der Waals surface area (Å²) >= 11 is 0. The molecule has 0 spiro atoms. The molecule has 1 aromatic heterocycles. The van der Waals surface area contributed by atoms with Crippen LogP contribution in [0.25, 0.3) is 10.9 Å². The van der Waals surface area contributed by atoms with Gasteiger partial charge in [-0.15, -0.1) is 0 Å². The van der Waals surface area contributed by atoms with Crippen LogP contribution >= 0.6 is 0 Å². The number of para-hydroxylation sites is 1. The molecule has 1 aliphatic rings. The molecule has 2 aromatic rings. The van der Waals surface area contributed by atoms with Crippen molar-refractivity contribution >= 4 is 22.7 Å². The van der Waals surface area contributed by atoms with Crippen molar-refractivity contribution in [3.63, 3.8) is 0 Å². The van der Waals surface area contributed by atoms with E-state index in [0.717, 1.165) is 17.2 Å². The summed E-state index contributed by atoms with van der Waals surface area (Å²) in [5.41, 5.74) is -1.19. The van der Waals surface area contributed by atoms with E-state index >= 15 is 0 Å². The first kappa shape index (κ1) is 18.7. The summed E-state index contributed by atoms with van der Waals surface area (Å²) in [6.45, 7) is -0.718. The van der Waals surface area contributed by atoms with E-state index in [9.17, 15) is 27.2 Å². The summed E-state index contributed by atoms with van der Waals surface area (Å²) in [7, 11) is 0. The molecule has 27 heavy (non-hydrogen) atoms. The van der Waals surface area contributed by atoms with Gasteiger partial charge in [0.25, 0.3) is 5.91 Å². The second-order valence-corrected chi connectivity index (χ2v) is 6.13. The van der Waals surface area contributed by atoms with Crippen molar-refractivity contribution in [2.75, 3.05) is 13.1 Å². The first-order valence-electron chi connectivity index (χ1n) is 8.01. The van der Waals surface area contributed by atoms with Gasteiger partial charge in [0, 0.05) is 18.0 Å². The molecule has 1 aromatic carbocycles. The van der Waals surface area contributed by atoms with Gasteiger partial charge in [-0.3, -0.25) is 9.59 Å². The molecule has 3 rings (SSSR count). The van der Waals surface area contributed by atoms with Crippen LogP contribution in [0.4, 0.5) is 17.6 Å². The number of rotatable bonds is 3. The predicted molar refractivity (Wildman–Crippen MR) is 86.3 cm³/mol.